The van der Waals surface area contributed by atoms with E-state index in [1.54, 1.807) is 6.08 Å². The van der Waals surface area contributed by atoms with E-state index in [-0.39, 0.29) is 17.0 Å². The third-order valence-electron chi connectivity index (χ3n) is 4.67. The second-order valence-electron chi connectivity index (χ2n) is 6.39. The molecule has 3 aromatic rings. The van der Waals surface area contributed by atoms with Crippen LogP contribution < -0.4 is 20.5 Å². The molecule has 1 unspecified atom stereocenters. The molecule has 1 aromatic heterocycles. The van der Waals surface area contributed by atoms with Crippen molar-refractivity contribution in [1.29, 1.82) is 10.5 Å². The van der Waals surface area contributed by atoms with Crippen molar-refractivity contribution in [2.45, 2.75) is 5.92 Å². The molecule has 2 heterocycles. The summed E-state index contributed by atoms with van der Waals surface area (Å²) >= 11 is 4.64. The third kappa shape index (κ3) is 3.21. The van der Waals surface area contributed by atoms with Crippen molar-refractivity contribution < 1.29 is 0 Å². The lowest BCUT2D eigenvalue weighted by molar-refractivity contribution is 0.906. The summed E-state index contributed by atoms with van der Waals surface area (Å²) < 4.78 is 3.02. The summed E-state index contributed by atoms with van der Waals surface area (Å²) in [6.07, 6.45) is 1.76. The summed E-state index contributed by atoms with van der Waals surface area (Å²) in [6.45, 7) is 0. The molecule has 4 rings (SSSR count). The Balaban J connectivity index is 2.08. The van der Waals surface area contributed by atoms with Crippen molar-refractivity contribution in [3.63, 3.8) is 0 Å². The Hall–Kier alpha value is -3.39. The normalized spacial score (nSPS) is 16.3. The Labute approximate surface area is 178 Å². The fourth-order valence-electron chi connectivity index (χ4n) is 3.37. The molecule has 0 saturated carbocycles. The Morgan fingerprint density at radius 3 is 2.45 bits per heavy atom. The van der Waals surface area contributed by atoms with Gasteiger partial charge in [0.05, 0.1) is 33.7 Å². The minimum absolute atomic E-state index is 0.0698. The van der Waals surface area contributed by atoms with Crippen LogP contribution in [0.1, 0.15) is 17.0 Å². The highest BCUT2D eigenvalue weighted by Crippen LogP contribution is 2.36. The fraction of sp³-hybridized carbons (Fsp3) is 0.0455. The van der Waals surface area contributed by atoms with Gasteiger partial charge >= 0.3 is 0 Å². The van der Waals surface area contributed by atoms with Gasteiger partial charge in [-0.2, -0.15) is 10.5 Å². The van der Waals surface area contributed by atoms with E-state index in [4.69, 9.17) is 5.73 Å². The number of allylic oxidation sites excluding steroid dienone is 1. The fourth-order valence-corrected chi connectivity index (χ4v) is 4.92. The molecule has 0 spiro atoms. The molecule has 5 nitrogen and oxygen atoms in total. The van der Waals surface area contributed by atoms with E-state index < -0.39 is 5.92 Å². The zero-order valence-corrected chi connectivity index (χ0v) is 17.4. The second-order valence-corrected chi connectivity index (χ2v) is 8.34. The first-order valence-corrected chi connectivity index (χ1v) is 10.2. The molecule has 0 radical (unpaired) electrons. The van der Waals surface area contributed by atoms with Gasteiger partial charge in [-0.1, -0.05) is 58.4 Å². The average Bonchev–Trinajstić information content (AvgIpc) is 3.05. The predicted molar refractivity (Wildman–Crippen MR) is 117 cm³/mol. The Bertz CT molecular complexity index is 1420. The maximum absolute atomic E-state index is 13.0. The Morgan fingerprint density at radius 2 is 1.79 bits per heavy atom. The average molecular weight is 461 g/mol. The first-order valence-electron chi connectivity index (χ1n) is 8.63. The maximum atomic E-state index is 13.0. The van der Waals surface area contributed by atoms with Crippen molar-refractivity contribution >= 4 is 44.7 Å². The smallest absolute Gasteiger partial charge is 0.274 e. The van der Waals surface area contributed by atoms with Crippen LogP contribution >= 0.6 is 27.3 Å². The number of rotatable bonds is 2. The van der Waals surface area contributed by atoms with E-state index in [1.165, 1.54) is 15.9 Å². The minimum Gasteiger partial charge on any atom is -0.384 e. The van der Waals surface area contributed by atoms with Gasteiger partial charge < -0.3 is 5.73 Å². The molecule has 1 aliphatic rings. The van der Waals surface area contributed by atoms with Crippen LogP contribution in [-0.2, 0) is 0 Å². The van der Waals surface area contributed by atoms with Crippen LogP contribution in [0.5, 0.6) is 0 Å². The predicted octanol–water partition coefficient (Wildman–Crippen LogP) is 2.62. The van der Waals surface area contributed by atoms with Crippen LogP contribution in [0.15, 0.2) is 69.4 Å². The number of benzene rings is 2. The number of aromatic nitrogens is 1. The van der Waals surface area contributed by atoms with Crippen molar-refractivity contribution in [2.24, 2.45) is 5.73 Å². The van der Waals surface area contributed by atoms with Crippen LogP contribution in [0.3, 0.4) is 0 Å². The molecule has 0 fully saturated rings. The number of nitrogens with two attached hydrogens (primary N) is 1. The van der Waals surface area contributed by atoms with Gasteiger partial charge in [-0.05, 0) is 29.3 Å². The van der Waals surface area contributed by atoms with Crippen molar-refractivity contribution in [3.8, 4) is 12.1 Å². The van der Waals surface area contributed by atoms with Gasteiger partial charge in [0.25, 0.3) is 5.56 Å². The largest absolute Gasteiger partial charge is 0.384 e. The summed E-state index contributed by atoms with van der Waals surface area (Å²) in [7, 11) is 0. The van der Waals surface area contributed by atoms with E-state index in [0.29, 0.717) is 14.8 Å². The molecule has 0 saturated heterocycles. The summed E-state index contributed by atoms with van der Waals surface area (Å²) in [4.78, 5) is 13.0. The topological polar surface area (TPSA) is 95.6 Å². The Kier molecular flexibility index (Phi) is 4.94. The molecule has 2 N–H and O–H groups in total. The zero-order chi connectivity index (χ0) is 20.5. The first-order chi connectivity index (χ1) is 14.0. The SMILES string of the molecule is N#CC1=C(N)n2c(s/c(=C/c3ccccc3)c2=O)=C(C#N)C1c1cccc(Br)c1. The highest BCUT2D eigenvalue weighted by atomic mass is 79.9. The number of fused-ring (bicyclic) bond motifs is 1. The van der Waals surface area contributed by atoms with Crippen LogP contribution in [0, 0.1) is 22.7 Å². The van der Waals surface area contributed by atoms with Gasteiger partial charge in [0.1, 0.15) is 10.5 Å². The summed E-state index contributed by atoms with van der Waals surface area (Å²) in [6, 6.07) is 21.2. The lowest BCUT2D eigenvalue weighted by Gasteiger charge is -2.22. The van der Waals surface area contributed by atoms with Crippen LogP contribution in [0.25, 0.3) is 17.5 Å². The molecule has 7 heteroatoms. The summed E-state index contributed by atoms with van der Waals surface area (Å²) in [5.74, 6) is -0.550. The van der Waals surface area contributed by atoms with Gasteiger partial charge in [0.2, 0.25) is 0 Å². The van der Waals surface area contributed by atoms with Gasteiger partial charge in [0.15, 0.2) is 0 Å². The number of nitrogens with zero attached hydrogens (tertiary/aromatic N) is 3. The lowest BCUT2D eigenvalue weighted by Crippen LogP contribution is -2.38. The number of halogens is 1. The van der Waals surface area contributed by atoms with Gasteiger partial charge in [0, 0.05) is 4.47 Å². The van der Waals surface area contributed by atoms with Gasteiger partial charge in [-0.15, -0.1) is 11.3 Å². The number of thiazole rings is 1. The maximum Gasteiger partial charge on any atom is 0.274 e. The molecule has 0 aliphatic carbocycles. The molecule has 29 heavy (non-hydrogen) atoms. The number of hydrogen-bond donors (Lipinski definition) is 1. The first kappa shape index (κ1) is 18.9. The summed E-state index contributed by atoms with van der Waals surface area (Å²) in [5.41, 5.74) is 8.10. The van der Waals surface area contributed by atoms with E-state index in [1.807, 2.05) is 54.6 Å². The van der Waals surface area contributed by atoms with Crippen molar-refractivity contribution in [3.05, 3.63) is 95.3 Å². The third-order valence-corrected chi connectivity index (χ3v) is 6.27. The molecular weight excluding hydrogens is 448 g/mol. The van der Waals surface area contributed by atoms with E-state index in [2.05, 4.69) is 28.1 Å². The monoisotopic (exact) mass is 460 g/mol. The summed E-state index contributed by atoms with van der Waals surface area (Å²) in [5, 5.41) is 19.7. The van der Waals surface area contributed by atoms with E-state index in [0.717, 1.165) is 15.6 Å². The van der Waals surface area contributed by atoms with Crippen LogP contribution in [0.4, 0.5) is 0 Å². The molecule has 2 aromatic carbocycles. The standard InChI is InChI=1S/C22H13BrN4OS/c23-15-8-4-7-14(10-15)19-16(11-24)20(26)27-21(28)18(29-22(27)17(19)12-25)9-13-5-2-1-3-6-13/h1-10,19H,26H2/b18-9+. The van der Waals surface area contributed by atoms with Crippen molar-refractivity contribution in [2.75, 3.05) is 0 Å². The van der Waals surface area contributed by atoms with Gasteiger partial charge in [-0.25, -0.2) is 0 Å². The molecule has 1 aliphatic heterocycles. The zero-order valence-electron chi connectivity index (χ0n) is 15.0. The molecule has 140 valence electrons. The number of nitriles is 2. The second kappa shape index (κ2) is 7.56. The highest BCUT2D eigenvalue weighted by molar-refractivity contribution is 9.10. The van der Waals surface area contributed by atoms with Crippen LogP contribution in [-0.4, -0.2) is 4.57 Å². The van der Waals surface area contributed by atoms with Crippen LogP contribution in [0.2, 0.25) is 0 Å². The Morgan fingerprint density at radius 1 is 1.07 bits per heavy atom. The minimum atomic E-state index is -0.620. The molecule has 0 bridgehead atoms. The number of hydrogen-bond acceptors (Lipinski definition) is 5. The van der Waals surface area contributed by atoms with E-state index in [9.17, 15) is 15.3 Å². The van der Waals surface area contributed by atoms with Gasteiger partial charge in [-0.3, -0.25) is 9.36 Å². The molecule has 1 atom stereocenters. The quantitative estimate of drug-likeness (QED) is 0.635. The molecule has 0 amide bonds. The highest BCUT2D eigenvalue weighted by Gasteiger charge is 2.32. The molecular formula is C22H13BrN4OS. The van der Waals surface area contributed by atoms with Crippen molar-refractivity contribution in [1.82, 2.24) is 4.57 Å². The van der Waals surface area contributed by atoms with E-state index >= 15 is 0 Å². The lowest BCUT2D eigenvalue weighted by atomic mass is 9.84.